The fourth-order valence-corrected chi connectivity index (χ4v) is 3.84. The van der Waals surface area contributed by atoms with Crippen LogP contribution in [-0.4, -0.2) is 10.9 Å². The van der Waals surface area contributed by atoms with E-state index in [1.54, 1.807) is 17.4 Å². The van der Waals surface area contributed by atoms with Crippen molar-refractivity contribution in [3.8, 4) is 5.75 Å². The lowest BCUT2D eigenvalue weighted by molar-refractivity contribution is 0.102. The van der Waals surface area contributed by atoms with Gasteiger partial charge in [0.05, 0.1) is 10.7 Å². The van der Waals surface area contributed by atoms with E-state index in [-0.39, 0.29) is 5.91 Å². The molecule has 0 bridgehead atoms. The van der Waals surface area contributed by atoms with E-state index in [0.29, 0.717) is 29.8 Å². The number of carbonyl (C=O) groups is 1. The van der Waals surface area contributed by atoms with Crippen molar-refractivity contribution in [2.75, 3.05) is 5.32 Å². The van der Waals surface area contributed by atoms with Gasteiger partial charge in [0, 0.05) is 16.6 Å². The molecule has 5 heteroatoms. The van der Waals surface area contributed by atoms with Crippen LogP contribution in [0.2, 0.25) is 0 Å². The molecule has 0 aliphatic heterocycles. The molecule has 0 aliphatic rings. The van der Waals surface area contributed by atoms with Gasteiger partial charge in [-0.25, -0.2) is 4.98 Å². The highest BCUT2D eigenvalue weighted by Crippen LogP contribution is 2.32. The van der Waals surface area contributed by atoms with Crippen molar-refractivity contribution >= 4 is 22.9 Å². The van der Waals surface area contributed by atoms with Gasteiger partial charge in [-0.3, -0.25) is 4.79 Å². The number of anilines is 1. The molecule has 3 rings (SSSR count). The number of amides is 1. The quantitative estimate of drug-likeness (QED) is 0.483. The molecule has 0 saturated carbocycles. The van der Waals surface area contributed by atoms with E-state index in [9.17, 15) is 4.79 Å². The van der Waals surface area contributed by atoms with Crippen molar-refractivity contribution in [2.24, 2.45) is 0 Å². The second-order valence-electron chi connectivity index (χ2n) is 7.75. The Labute approximate surface area is 177 Å². The molecular weight excluding hydrogens is 380 g/mol. The van der Waals surface area contributed by atoms with Gasteiger partial charge in [-0.15, -0.1) is 11.3 Å². The van der Waals surface area contributed by atoms with E-state index < -0.39 is 0 Å². The van der Waals surface area contributed by atoms with E-state index in [2.05, 4.69) is 56.2 Å². The molecule has 0 saturated heterocycles. The van der Waals surface area contributed by atoms with Crippen LogP contribution < -0.4 is 10.1 Å². The SMILES string of the molecule is Cc1nc(COc2cccc(C(=O)Nc3c(C(C)C)cccc3C(C)C)c2)cs1. The third kappa shape index (κ3) is 5.24. The number of rotatable bonds is 7. The molecule has 0 radical (unpaired) electrons. The number of nitrogens with one attached hydrogen (secondary N) is 1. The maximum atomic E-state index is 13.0. The summed E-state index contributed by atoms with van der Waals surface area (Å²) < 4.78 is 5.83. The molecule has 2 aromatic carbocycles. The van der Waals surface area contributed by atoms with E-state index in [4.69, 9.17) is 4.74 Å². The molecule has 4 nitrogen and oxygen atoms in total. The molecule has 1 N–H and O–H groups in total. The Morgan fingerprint density at radius 3 is 2.31 bits per heavy atom. The predicted molar refractivity (Wildman–Crippen MR) is 120 cm³/mol. The minimum absolute atomic E-state index is 0.130. The molecule has 0 atom stereocenters. The Hall–Kier alpha value is -2.66. The van der Waals surface area contributed by atoms with Crippen molar-refractivity contribution in [3.63, 3.8) is 0 Å². The van der Waals surface area contributed by atoms with Crippen molar-refractivity contribution in [1.82, 2.24) is 4.98 Å². The molecule has 29 heavy (non-hydrogen) atoms. The first-order valence-electron chi connectivity index (χ1n) is 9.93. The lowest BCUT2D eigenvalue weighted by Gasteiger charge is -2.20. The second kappa shape index (κ2) is 9.23. The van der Waals surface area contributed by atoms with Crippen LogP contribution in [0.3, 0.4) is 0 Å². The predicted octanol–water partition coefficient (Wildman–Crippen LogP) is 6.53. The highest BCUT2D eigenvalue weighted by Gasteiger charge is 2.17. The third-order valence-corrected chi connectivity index (χ3v) is 5.58. The minimum Gasteiger partial charge on any atom is -0.487 e. The average molecular weight is 409 g/mol. The van der Waals surface area contributed by atoms with Gasteiger partial charge < -0.3 is 10.1 Å². The molecular formula is C24H28N2O2S. The number of para-hydroxylation sites is 1. The van der Waals surface area contributed by atoms with E-state index in [0.717, 1.165) is 27.5 Å². The molecule has 1 amide bonds. The molecule has 0 unspecified atom stereocenters. The van der Waals surface area contributed by atoms with Crippen molar-refractivity contribution in [3.05, 3.63) is 75.2 Å². The van der Waals surface area contributed by atoms with Crippen LogP contribution in [0, 0.1) is 6.92 Å². The summed E-state index contributed by atoms with van der Waals surface area (Å²) >= 11 is 1.60. The molecule has 1 aromatic heterocycles. The number of ether oxygens (including phenoxy) is 1. The minimum atomic E-state index is -0.130. The van der Waals surface area contributed by atoms with Crippen LogP contribution in [0.4, 0.5) is 5.69 Å². The van der Waals surface area contributed by atoms with Gasteiger partial charge >= 0.3 is 0 Å². The summed E-state index contributed by atoms with van der Waals surface area (Å²) in [4.78, 5) is 17.4. The maximum Gasteiger partial charge on any atom is 0.255 e. The summed E-state index contributed by atoms with van der Waals surface area (Å²) in [6.45, 7) is 10.9. The van der Waals surface area contributed by atoms with Gasteiger partial charge in [0.2, 0.25) is 0 Å². The molecule has 152 valence electrons. The van der Waals surface area contributed by atoms with Gasteiger partial charge in [-0.2, -0.15) is 0 Å². The van der Waals surface area contributed by atoms with Crippen LogP contribution >= 0.6 is 11.3 Å². The Bertz CT molecular complexity index is 966. The Balaban J connectivity index is 1.79. The summed E-state index contributed by atoms with van der Waals surface area (Å²) in [6, 6.07) is 13.5. The Morgan fingerprint density at radius 2 is 1.72 bits per heavy atom. The highest BCUT2D eigenvalue weighted by molar-refractivity contribution is 7.09. The zero-order valence-corrected chi connectivity index (χ0v) is 18.5. The van der Waals surface area contributed by atoms with Gasteiger partial charge in [-0.05, 0) is 48.1 Å². The Kier molecular flexibility index (Phi) is 6.70. The monoisotopic (exact) mass is 408 g/mol. The number of hydrogen-bond acceptors (Lipinski definition) is 4. The van der Waals surface area contributed by atoms with Crippen LogP contribution in [0.25, 0.3) is 0 Å². The first kappa shape index (κ1) is 21.1. The molecule has 0 aliphatic carbocycles. The fourth-order valence-electron chi connectivity index (χ4n) is 3.24. The average Bonchev–Trinajstić information content (AvgIpc) is 3.11. The zero-order chi connectivity index (χ0) is 21.0. The summed E-state index contributed by atoms with van der Waals surface area (Å²) in [5.41, 5.74) is 4.69. The number of carbonyl (C=O) groups excluding carboxylic acids is 1. The highest BCUT2D eigenvalue weighted by atomic mass is 32.1. The number of nitrogens with zero attached hydrogens (tertiary/aromatic N) is 1. The van der Waals surface area contributed by atoms with E-state index in [1.807, 2.05) is 30.5 Å². The summed E-state index contributed by atoms with van der Waals surface area (Å²) in [5.74, 6) is 1.17. The second-order valence-corrected chi connectivity index (χ2v) is 8.81. The molecule has 0 spiro atoms. The van der Waals surface area contributed by atoms with Crippen molar-refractivity contribution in [1.29, 1.82) is 0 Å². The zero-order valence-electron chi connectivity index (χ0n) is 17.7. The summed E-state index contributed by atoms with van der Waals surface area (Å²) in [6.07, 6.45) is 0. The number of benzene rings is 2. The number of hydrogen-bond donors (Lipinski definition) is 1. The number of thiazole rings is 1. The van der Waals surface area contributed by atoms with Gasteiger partial charge in [-0.1, -0.05) is 52.0 Å². The van der Waals surface area contributed by atoms with Crippen LogP contribution in [0.15, 0.2) is 47.8 Å². The normalized spacial score (nSPS) is 11.1. The Morgan fingerprint density at radius 1 is 1.07 bits per heavy atom. The lowest BCUT2D eigenvalue weighted by Crippen LogP contribution is -2.16. The molecule has 0 fully saturated rings. The standard InChI is InChI=1S/C24H28N2O2S/c1-15(2)21-10-7-11-22(16(3)4)23(21)26-24(27)18-8-6-9-20(12-18)28-13-19-14-29-17(5)25-19/h6-12,14-16H,13H2,1-5H3,(H,26,27). The van der Waals surface area contributed by atoms with Gasteiger partial charge in [0.25, 0.3) is 5.91 Å². The van der Waals surface area contributed by atoms with Gasteiger partial charge in [0.1, 0.15) is 12.4 Å². The number of aryl methyl sites for hydroxylation is 1. The lowest BCUT2D eigenvalue weighted by atomic mass is 9.92. The maximum absolute atomic E-state index is 13.0. The summed E-state index contributed by atoms with van der Waals surface area (Å²) in [7, 11) is 0. The first-order chi connectivity index (χ1) is 13.8. The van der Waals surface area contributed by atoms with Crippen molar-refractivity contribution in [2.45, 2.75) is 53.1 Å². The first-order valence-corrected chi connectivity index (χ1v) is 10.8. The number of aromatic nitrogens is 1. The fraction of sp³-hybridized carbons (Fsp3) is 0.333. The topological polar surface area (TPSA) is 51.2 Å². The van der Waals surface area contributed by atoms with Crippen molar-refractivity contribution < 1.29 is 9.53 Å². The van der Waals surface area contributed by atoms with E-state index in [1.165, 1.54) is 0 Å². The van der Waals surface area contributed by atoms with Crippen LogP contribution in [-0.2, 0) is 6.61 Å². The molecule has 3 aromatic rings. The van der Waals surface area contributed by atoms with E-state index >= 15 is 0 Å². The summed E-state index contributed by atoms with van der Waals surface area (Å²) in [5, 5.41) is 6.16. The van der Waals surface area contributed by atoms with Crippen LogP contribution in [0.5, 0.6) is 5.75 Å². The smallest absolute Gasteiger partial charge is 0.255 e. The van der Waals surface area contributed by atoms with Gasteiger partial charge in [0.15, 0.2) is 0 Å². The largest absolute Gasteiger partial charge is 0.487 e. The van der Waals surface area contributed by atoms with Crippen LogP contribution in [0.1, 0.15) is 71.7 Å². The third-order valence-electron chi connectivity index (χ3n) is 4.76. The molecule has 1 heterocycles.